The second-order valence-electron chi connectivity index (χ2n) is 7.00. The maximum atomic E-state index is 13.0. The molecule has 8 heteroatoms. The summed E-state index contributed by atoms with van der Waals surface area (Å²) in [4.78, 5) is 26.7. The van der Waals surface area contributed by atoms with Crippen LogP contribution in [0.15, 0.2) is 71.6 Å². The lowest BCUT2D eigenvalue weighted by Gasteiger charge is -2.13. The molecule has 0 bridgehead atoms. The van der Waals surface area contributed by atoms with Gasteiger partial charge in [-0.3, -0.25) is 14.5 Å². The number of hydrogen-bond donors (Lipinski definition) is 0. The van der Waals surface area contributed by atoms with Gasteiger partial charge in [0.1, 0.15) is 18.2 Å². The number of imide groups is 1. The van der Waals surface area contributed by atoms with E-state index >= 15 is 0 Å². The summed E-state index contributed by atoms with van der Waals surface area (Å²) in [6.07, 6.45) is 1.66. The Balaban J connectivity index is 1.45. The highest BCUT2D eigenvalue weighted by molar-refractivity contribution is 8.18. The molecule has 0 unspecified atom stereocenters. The van der Waals surface area contributed by atoms with E-state index < -0.39 is 0 Å². The predicted octanol–water partition coefficient (Wildman–Crippen LogP) is 6.95. The number of rotatable bonds is 6. The maximum Gasteiger partial charge on any atom is 0.293 e. The van der Waals surface area contributed by atoms with E-state index in [0.717, 1.165) is 22.9 Å². The Morgan fingerprint density at radius 2 is 1.69 bits per heavy atom. The highest BCUT2D eigenvalue weighted by Crippen LogP contribution is 2.34. The normalized spacial score (nSPS) is 15.0. The van der Waals surface area contributed by atoms with Gasteiger partial charge in [0.2, 0.25) is 0 Å². The zero-order valence-corrected chi connectivity index (χ0v) is 18.9. The molecule has 0 atom stereocenters. The van der Waals surface area contributed by atoms with Crippen molar-refractivity contribution in [1.82, 2.24) is 4.90 Å². The van der Waals surface area contributed by atoms with Gasteiger partial charge in [-0.15, -0.1) is 0 Å². The quantitative estimate of drug-likeness (QED) is 0.353. The van der Waals surface area contributed by atoms with Gasteiger partial charge in [-0.2, -0.15) is 0 Å². The zero-order chi connectivity index (χ0) is 22.7. The number of nitrogens with zero attached hydrogens (tertiary/aromatic N) is 1. The minimum Gasteiger partial charge on any atom is -0.489 e. The number of thioether (sulfide) groups is 1. The highest BCUT2D eigenvalue weighted by atomic mass is 35.5. The minimum absolute atomic E-state index is 0.111. The third-order valence-electron chi connectivity index (χ3n) is 4.67. The van der Waals surface area contributed by atoms with Crippen LogP contribution in [0, 0.1) is 5.82 Å². The number of ether oxygens (including phenoxy) is 1. The molecule has 3 aromatic carbocycles. The summed E-state index contributed by atoms with van der Waals surface area (Å²) in [6.45, 7) is 0.392. The Morgan fingerprint density at radius 1 is 0.938 bits per heavy atom. The van der Waals surface area contributed by atoms with Crippen LogP contribution in [0.1, 0.15) is 16.7 Å². The van der Waals surface area contributed by atoms with E-state index in [2.05, 4.69) is 0 Å². The van der Waals surface area contributed by atoms with Gasteiger partial charge in [-0.05, 0) is 70.9 Å². The molecule has 0 N–H and O–H groups in total. The average Bonchev–Trinajstić information content (AvgIpc) is 3.03. The fourth-order valence-corrected chi connectivity index (χ4v) is 4.21. The van der Waals surface area contributed by atoms with E-state index in [0.29, 0.717) is 26.3 Å². The summed E-state index contributed by atoms with van der Waals surface area (Å²) >= 11 is 12.8. The first-order valence-corrected chi connectivity index (χ1v) is 11.1. The fourth-order valence-electron chi connectivity index (χ4n) is 3.05. The van der Waals surface area contributed by atoms with Gasteiger partial charge in [-0.1, -0.05) is 53.5 Å². The summed E-state index contributed by atoms with van der Waals surface area (Å²) in [5, 5.41) is 0.422. The maximum absolute atomic E-state index is 13.0. The second-order valence-corrected chi connectivity index (χ2v) is 8.81. The van der Waals surface area contributed by atoms with Crippen LogP contribution in [0.4, 0.5) is 9.18 Å². The summed E-state index contributed by atoms with van der Waals surface area (Å²) in [5.41, 5.74) is 2.26. The highest BCUT2D eigenvalue weighted by Gasteiger charge is 2.35. The Bertz CT molecular complexity index is 1210. The number of benzene rings is 3. The summed E-state index contributed by atoms with van der Waals surface area (Å²) in [5.74, 6) is -0.0781. The molecule has 0 radical (unpaired) electrons. The molecule has 1 fully saturated rings. The molecule has 162 valence electrons. The summed E-state index contributed by atoms with van der Waals surface area (Å²) < 4.78 is 18.8. The Hall–Kier alpha value is -2.80. The lowest BCUT2D eigenvalue weighted by atomic mass is 10.2. The van der Waals surface area contributed by atoms with Crippen molar-refractivity contribution in [3.05, 3.63) is 104 Å². The summed E-state index contributed by atoms with van der Waals surface area (Å²) in [6, 6.07) is 18.2. The number of hydrogen-bond acceptors (Lipinski definition) is 4. The van der Waals surface area contributed by atoms with Crippen LogP contribution in [0.5, 0.6) is 5.75 Å². The van der Waals surface area contributed by atoms with E-state index in [9.17, 15) is 14.0 Å². The molecule has 1 heterocycles. The molecule has 1 aliphatic heterocycles. The van der Waals surface area contributed by atoms with Gasteiger partial charge >= 0.3 is 0 Å². The van der Waals surface area contributed by atoms with Crippen LogP contribution >= 0.6 is 35.0 Å². The molecule has 0 saturated carbocycles. The molecule has 0 spiro atoms. The van der Waals surface area contributed by atoms with Gasteiger partial charge in [0, 0.05) is 0 Å². The lowest BCUT2D eigenvalue weighted by molar-refractivity contribution is -0.123. The largest absolute Gasteiger partial charge is 0.489 e. The van der Waals surface area contributed by atoms with Crippen molar-refractivity contribution < 1.29 is 18.7 Å². The first-order valence-electron chi connectivity index (χ1n) is 9.55. The molecule has 2 amide bonds. The van der Waals surface area contributed by atoms with E-state index in [-0.39, 0.29) is 30.1 Å². The molecule has 1 saturated heterocycles. The van der Waals surface area contributed by atoms with Crippen molar-refractivity contribution in [2.45, 2.75) is 13.2 Å². The van der Waals surface area contributed by atoms with E-state index in [4.69, 9.17) is 27.9 Å². The third-order valence-corrected chi connectivity index (χ3v) is 6.32. The van der Waals surface area contributed by atoms with Gasteiger partial charge < -0.3 is 4.74 Å². The molecule has 32 heavy (non-hydrogen) atoms. The average molecular weight is 488 g/mol. The molecule has 4 nitrogen and oxygen atoms in total. The first kappa shape index (κ1) is 22.4. The zero-order valence-electron chi connectivity index (χ0n) is 16.6. The van der Waals surface area contributed by atoms with Crippen molar-refractivity contribution in [3.8, 4) is 5.75 Å². The first-order chi connectivity index (χ1) is 15.4. The van der Waals surface area contributed by atoms with Gasteiger partial charge in [-0.25, -0.2) is 4.39 Å². The SMILES string of the molecule is O=C1S/C(=C/c2cccc(OCc3ccc(F)cc3)c2)C(=O)N1Cc1ccc(Cl)c(Cl)c1. The standard InChI is InChI=1S/C24H16Cl2FNO3S/c25-20-9-6-17(11-21(20)26)13-28-23(29)22(32-24(28)30)12-16-2-1-3-19(10-16)31-14-15-4-7-18(27)8-5-15/h1-12H,13-14H2/b22-12+. The fraction of sp³-hybridized carbons (Fsp3) is 0.0833. The van der Waals surface area contributed by atoms with E-state index in [1.54, 1.807) is 54.6 Å². The van der Waals surface area contributed by atoms with Crippen LogP contribution in [0.3, 0.4) is 0 Å². The Kier molecular flexibility index (Phi) is 6.84. The van der Waals surface area contributed by atoms with E-state index in [1.165, 1.54) is 17.0 Å². The number of carbonyl (C=O) groups excluding carboxylic acids is 2. The van der Waals surface area contributed by atoms with Crippen LogP contribution in [-0.2, 0) is 17.9 Å². The third kappa shape index (κ3) is 5.33. The molecular weight excluding hydrogens is 472 g/mol. The van der Waals surface area contributed by atoms with Crippen LogP contribution in [0.2, 0.25) is 10.0 Å². The van der Waals surface area contributed by atoms with E-state index in [1.807, 2.05) is 6.07 Å². The molecule has 0 aliphatic carbocycles. The number of amides is 2. The topological polar surface area (TPSA) is 46.6 Å². The van der Waals surface area contributed by atoms with Crippen molar-refractivity contribution in [1.29, 1.82) is 0 Å². The van der Waals surface area contributed by atoms with Crippen LogP contribution in [0.25, 0.3) is 6.08 Å². The van der Waals surface area contributed by atoms with Crippen LogP contribution < -0.4 is 4.74 Å². The molecule has 3 aromatic rings. The summed E-state index contributed by atoms with van der Waals surface area (Å²) in [7, 11) is 0. The monoisotopic (exact) mass is 487 g/mol. The van der Waals surface area contributed by atoms with Crippen molar-refractivity contribution in [3.63, 3.8) is 0 Å². The van der Waals surface area contributed by atoms with Gasteiger partial charge in [0.05, 0.1) is 21.5 Å². The molecular formula is C24H16Cl2FNO3S. The molecule has 0 aromatic heterocycles. The van der Waals surface area contributed by atoms with Crippen molar-refractivity contribution in [2.24, 2.45) is 0 Å². The lowest BCUT2D eigenvalue weighted by Crippen LogP contribution is -2.27. The minimum atomic E-state index is -0.372. The Morgan fingerprint density at radius 3 is 2.44 bits per heavy atom. The number of carbonyl (C=O) groups is 2. The molecule has 4 rings (SSSR count). The van der Waals surface area contributed by atoms with Gasteiger partial charge in [0.25, 0.3) is 11.1 Å². The predicted molar refractivity (Wildman–Crippen MR) is 125 cm³/mol. The number of halogens is 3. The van der Waals surface area contributed by atoms with Crippen molar-refractivity contribution in [2.75, 3.05) is 0 Å². The van der Waals surface area contributed by atoms with Gasteiger partial charge in [0.15, 0.2) is 0 Å². The Labute approximate surface area is 198 Å². The van der Waals surface area contributed by atoms with Crippen molar-refractivity contribution >= 4 is 52.2 Å². The van der Waals surface area contributed by atoms with Crippen LogP contribution in [-0.4, -0.2) is 16.0 Å². The smallest absolute Gasteiger partial charge is 0.293 e. The molecule has 1 aliphatic rings. The second kappa shape index (κ2) is 9.77.